The first-order chi connectivity index (χ1) is 11.9. The van der Waals surface area contributed by atoms with Crippen LogP contribution in [0.2, 0.25) is 0 Å². The van der Waals surface area contributed by atoms with E-state index in [0.717, 1.165) is 5.56 Å². The van der Waals surface area contributed by atoms with Crippen LogP contribution in [0.4, 0.5) is 5.69 Å². The van der Waals surface area contributed by atoms with E-state index >= 15 is 0 Å². The van der Waals surface area contributed by atoms with Gasteiger partial charge in [-0.2, -0.15) is 0 Å². The number of ether oxygens (including phenoxy) is 2. The summed E-state index contributed by atoms with van der Waals surface area (Å²) in [5.74, 6) is 0.882. The zero-order chi connectivity index (χ0) is 18.4. The molecule has 132 valence electrons. The zero-order valence-corrected chi connectivity index (χ0v) is 14.8. The minimum Gasteiger partial charge on any atom is -0.496 e. The molecular weight excluding hydrogens is 320 g/mol. The van der Waals surface area contributed by atoms with Crippen molar-refractivity contribution < 1.29 is 19.1 Å². The molecule has 0 aliphatic heterocycles. The quantitative estimate of drug-likeness (QED) is 0.876. The van der Waals surface area contributed by atoms with E-state index in [4.69, 9.17) is 9.47 Å². The molecule has 0 aromatic heterocycles. The second-order valence-electron chi connectivity index (χ2n) is 5.74. The summed E-state index contributed by atoms with van der Waals surface area (Å²) in [5, 5.41) is 2.81. The average Bonchev–Trinajstić information content (AvgIpc) is 2.61. The summed E-state index contributed by atoms with van der Waals surface area (Å²) in [5.41, 5.74) is 2.11. The highest BCUT2D eigenvalue weighted by atomic mass is 16.5. The highest BCUT2D eigenvalue weighted by molar-refractivity contribution is 6.04. The van der Waals surface area contributed by atoms with Gasteiger partial charge in [-0.25, -0.2) is 0 Å². The lowest BCUT2D eigenvalue weighted by Crippen LogP contribution is -2.27. The largest absolute Gasteiger partial charge is 0.496 e. The molecule has 6 heteroatoms. The number of carbonyl (C=O) groups excluding carboxylic acids is 2. The number of nitrogens with zero attached hydrogens (tertiary/aromatic N) is 1. The lowest BCUT2D eigenvalue weighted by Gasteiger charge is -2.12. The molecule has 6 nitrogen and oxygen atoms in total. The molecule has 2 amide bonds. The molecule has 0 bridgehead atoms. The lowest BCUT2D eigenvalue weighted by molar-refractivity contribution is -0.130. The van der Waals surface area contributed by atoms with E-state index in [1.807, 2.05) is 13.0 Å². The molecule has 0 heterocycles. The predicted molar refractivity (Wildman–Crippen MR) is 96.3 cm³/mol. The van der Waals surface area contributed by atoms with Crippen LogP contribution >= 0.6 is 0 Å². The number of amides is 2. The maximum atomic E-state index is 12.3. The molecule has 0 aliphatic rings. The Morgan fingerprint density at radius 1 is 1.08 bits per heavy atom. The molecule has 0 unspecified atom stereocenters. The standard InChI is InChI=1S/C19H22N2O4/c1-13-5-6-14(11-17(13)24-4)19(23)20-15-7-9-16(10-8-15)25-12-18(22)21(2)3/h5-11H,12H2,1-4H3,(H,20,23). The molecule has 0 fully saturated rings. The number of anilines is 1. The van der Waals surface area contributed by atoms with Gasteiger partial charge in [-0.3, -0.25) is 9.59 Å². The molecule has 0 spiro atoms. The highest BCUT2D eigenvalue weighted by Crippen LogP contribution is 2.21. The second-order valence-corrected chi connectivity index (χ2v) is 5.74. The van der Waals surface area contributed by atoms with Crippen molar-refractivity contribution >= 4 is 17.5 Å². The third kappa shape index (κ3) is 4.97. The molecule has 25 heavy (non-hydrogen) atoms. The van der Waals surface area contributed by atoms with Gasteiger partial charge >= 0.3 is 0 Å². The van der Waals surface area contributed by atoms with Gasteiger partial charge < -0.3 is 19.7 Å². The van der Waals surface area contributed by atoms with E-state index in [-0.39, 0.29) is 18.4 Å². The number of carbonyl (C=O) groups is 2. The van der Waals surface area contributed by atoms with Crippen molar-refractivity contribution in [3.63, 3.8) is 0 Å². The van der Waals surface area contributed by atoms with Gasteiger partial charge in [0.05, 0.1) is 7.11 Å². The van der Waals surface area contributed by atoms with E-state index in [9.17, 15) is 9.59 Å². The molecule has 0 saturated carbocycles. The highest BCUT2D eigenvalue weighted by Gasteiger charge is 2.09. The second kappa shape index (κ2) is 8.19. The van der Waals surface area contributed by atoms with Gasteiger partial charge in [0.15, 0.2) is 6.61 Å². The Labute approximate surface area is 147 Å². The molecular formula is C19H22N2O4. The van der Waals surface area contributed by atoms with Crippen LogP contribution < -0.4 is 14.8 Å². The Hall–Kier alpha value is -3.02. The average molecular weight is 342 g/mol. The van der Waals surface area contributed by atoms with Crippen molar-refractivity contribution in [2.24, 2.45) is 0 Å². The molecule has 2 aromatic rings. The number of aryl methyl sites for hydroxylation is 1. The van der Waals surface area contributed by atoms with Gasteiger partial charge in [-0.15, -0.1) is 0 Å². The maximum Gasteiger partial charge on any atom is 0.259 e. The van der Waals surface area contributed by atoms with Crippen molar-refractivity contribution in [2.75, 3.05) is 33.1 Å². The number of rotatable bonds is 6. The van der Waals surface area contributed by atoms with Crippen molar-refractivity contribution in [1.82, 2.24) is 4.90 Å². The minimum atomic E-state index is -0.227. The Bertz CT molecular complexity index is 755. The van der Waals surface area contributed by atoms with Gasteiger partial charge in [-0.1, -0.05) is 6.07 Å². The monoisotopic (exact) mass is 342 g/mol. The van der Waals surface area contributed by atoms with E-state index < -0.39 is 0 Å². The topological polar surface area (TPSA) is 67.9 Å². The fourth-order valence-corrected chi connectivity index (χ4v) is 2.07. The summed E-state index contributed by atoms with van der Waals surface area (Å²) in [4.78, 5) is 25.3. The molecule has 2 aromatic carbocycles. The van der Waals surface area contributed by atoms with Crippen LogP contribution in [0.5, 0.6) is 11.5 Å². The molecule has 0 radical (unpaired) electrons. The number of likely N-dealkylation sites (N-methyl/N-ethyl adjacent to an activating group) is 1. The first-order valence-corrected chi connectivity index (χ1v) is 7.79. The van der Waals surface area contributed by atoms with E-state index in [1.165, 1.54) is 4.90 Å². The van der Waals surface area contributed by atoms with Gasteiger partial charge in [0.25, 0.3) is 11.8 Å². The predicted octanol–water partition coefficient (Wildman–Crippen LogP) is 2.72. The summed E-state index contributed by atoms with van der Waals surface area (Å²) in [6.07, 6.45) is 0. The van der Waals surface area contributed by atoms with Gasteiger partial charge in [0.1, 0.15) is 11.5 Å². The van der Waals surface area contributed by atoms with Crippen LogP contribution in [0.15, 0.2) is 42.5 Å². The van der Waals surface area contributed by atoms with Crippen LogP contribution in [0.3, 0.4) is 0 Å². The summed E-state index contributed by atoms with van der Waals surface area (Å²) in [7, 11) is 4.92. The number of hydrogen-bond acceptors (Lipinski definition) is 4. The number of nitrogens with one attached hydrogen (secondary N) is 1. The van der Waals surface area contributed by atoms with E-state index in [1.54, 1.807) is 57.6 Å². The van der Waals surface area contributed by atoms with Crippen LogP contribution in [0.25, 0.3) is 0 Å². The Kier molecular flexibility index (Phi) is 6.00. The molecule has 0 saturated heterocycles. The fourth-order valence-electron chi connectivity index (χ4n) is 2.07. The third-order valence-electron chi connectivity index (χ3n) is 3.64. The van der Waals surface area contributed by atoms with Crippen molar-refractivity contribution in [3.05, 3.63) is 53.6 Å². The van der Waals surface area contributed by atoms with Crippen molar-refractivity contribution in [2.45, 2.75) is 6.92 Å². The summed E-state index contributed by atoms with van der Waals surface area (Å²) in [6.45, 7) is 1.89. The van der Waals surface area contributed by atoms with Gasteiger partial charge in [0, 0.05) is 25.3 Å². The number of hydrogen-bond donors (Lipinski definition) is 1. The van der Waals surface area contributed by atoms with Gasteiger partial charge in [0.2, 0.25) is 0 Å². The SMILES string of the molecule is COc1cc(C(=O)Nc2ccc(OCC(=O)N(C)C)cc2)ccc1C. The summed E-state index contributed by atoms with van der Waals surface area (Å²) >= 11 is 0. The normalized spacial score (nSPS) is 10.1. The smallest absolute Gasteiger partial charge is 0.259 e. The number of methoxy groups -OCH3 is 1. The van der Waals surface area contributed by atoms with Crippen molar-refractivity contribution in [1.29, 1.82) is 0 Å². The Balaban J connectivity index is 1.98. The van der Waals surface area contributed by atoms with E-state index in [0.29, 0.717) is 22.7 Å². The molecule has 1 N–H and O–H groups in total. The lowest BCUT2D eigenvalue weighted by atomic mass is 10.1. The van der Waals surface area contributed by atoms with Crippen molar-refractivity contribution in [3.8, 4) is 11.5 Å². The Morgan fingerprint density at radius 2 is 1.76 bits per heavy atom. The third-order valence-corrected chi connectivity index (χ3v) is 3.64. The minimum absolute atomic E-state index is 0.0259. The first kappa shape index (κ1) is 18.3. The molecule has 0 aliphatic carbocycles. The van der Waals surface area contributed by atoms with Crippen LogP contribution in [-0.2, 0) is 4.79 Å². The molecule has 2 rings (SSSR count). The first-order valence-electron chi connectivity index (χ1n) is 7.79. The van der Waals surface area contributed by atoms with Crippen LogP contribution in [0.1, 0.15) is 15.9 Å². The van der Waals surface area contributed by atoms with Crippen LogP contribution in [-0.4, -0.2) is 44.5 Å². The van der Waals surface area contributed by atoms with Crippen LogP contribution in [0, 0.1) is 6.92 Å². The zero-order valence-electron chi connectivity index (χ0n) is 14.8. The molecule has 0 atom stereocenters. The summed E-state index contributed by atoms with van der Waals surface area (Å²) in [6, 6.07) is 12.1. The number of benzene rings is 2. The Morgan fingerprint density at radius 3 is 2.36 bits per heavy atom. The maximum absolute atomic E-state index is 12.3. The summed E-state index contributed by atoms with van der Waals surface area (Å²) < 4.78 is 10.6. The fraction of sp³-hybridized carbons (Fsp3) is 0.263. The van der Waals surface area contributed by atoms with E-state index in [2.05, 4.69) is 5.32 Å². The van der Waals surface area contributed by atoms with Gasteiger partial charge in [-0.05, 0) is 48.9 Å².